The van der Waals surface area contributed by atoms with Crippen molar-refractivity contribution < 1.29 is 13.8 Å². The zero-order valence-electron chi connectivity index (χ0n) is 26.9. The molecule has 1 unspecified atom stereocenters. The quantitative estimate of drug-likeness (QED) is 0.100. The summed E-state index contributed by atoms with van der Waals surface area (Å²) in [6, 6.07) is 61.4. The van der Waals surface area contributed by atoms with Gasteiger partial charge < -0.3 is 13.8 Å². The molecule has 0 heterocycles. The molecule has 0 fully saturated rings. The maximum atomic E-state index is 11.8. The Hall–Kier alpha value is -4.90. The van der Waals surface area contributed by atoms with E-state index in [9.17, 15) is 10.3 Å². The van der Waals surface area contributed by atoms with Crippen molar-refractivity contribution in [3.05, 3.63) is 204 Å². The average molecular weight is 648 g/mol. The number of rotatable bonds is 13. The van der Waals surface area contributed by atoms with Gasteiger partial charge in [-0.25, -0.2) is 0 Å². The van der Waals surface area contributed by atoms with Crippen molar-refractivity contribution in [3.8, 4) is 6.07 Å². The molecule has 4 nitrogen and oxygen atoms in total. The van der Waals surface area contributed by atoms with Crippen LogP contribution in [0.5, 0.6) is 0 Å². The first kappa shape index (κ1) is 33.0. The van der Waals surface area contributed by atoms with Crippen molar-refractivity contribution in [1.82, 2.24) is 0 Å². The zero-order valence-corrected chi connectivity index (χ0v) is 27.7. The number of nitriles is 1. The van der Waals surface area contributed by atoms with Gasteiger partial charge in [0.05, 0.1) is 11.6 Å². The zero-order chi connectivity index (χ0) is 33.2. The van der Waals surface area contributed by atoms with Crippen molar-refractivity contribution >= 4 is 17.6 Å². The van der Waals surface area contributed by atoms with Crippen molar-refractivity contribution in [2.75, 3.05) is 0 Å². The van der Waals surface area contributed by atoms with E-state index in [4.69, 9.17) is 8.75 Å². The Morgan fingerprint density at radius 2 is 1.02 bits per heavy atom. The standard InChI is InChI=1S/C42H38BNO3S/c1-34(31-42(37-17-7-2-8-18-37,38-19-9-3-10-20-38)39-21-11-4-12-22-39)46-43(45)47-48(40-23-13-5-14-24-40,41-25-15-6-16-26-41)33-36-29-27-35(32-44)28-30-36/h2-30,34,45H,31,33H2,1H3. The molecule has 0 saturated heterocycles. The van der Waals surface area contributed by atoms with Crippen molar-refractivity contribution in [2.45, 2.75) is 40.4 Å². The molecule has 6 rings (SSSR count). The third-order valence-corrected chi connectivity index (χ3v) is 12.0. The predicted molar refractivity (Wildman–Crippen MR) is 195 cm³/mol. The summed E-state index contributed by atoms with van der Waals surface area (Å²) in [5.41, 5.74) is 4.46. The van der Waals surface area contributed by atoms with E-state index in [2.05, 4.69) is 78.9 Å². The van der Waals surface area contributed by atoms with Crippen LogP contribution in [0.1, 0.15) is 41.2 Å². The maximum Gasteiger partial charge on any atom is 0.647 e. The highest BCUT2D eigenvalue weighted by Crippen LogP contribution is 2.65. The highest BCUT2D eigenvalue weighted by Gasteiger charge is 2.41. The first-order valence-corrected chi connectivity index (χ1v) is 17.8. The fourth-order valence-electron chi connectivity index (χ4n) is 6.50. The predicted octanol–water partition coefficient (Wildman–Crippen LogP) is 9.72. The molecule has 6 aromatic carbocycles. The summed E-state index contributed by atoms with van der Waals surface area (Å²) >= 11 is 0. The number of nitrogens with zero attached hydrogens (tertiary/aromatic N) is 1. The molecule has 238 valence electrons. The van der Waals surface area contributed by atoms with Gasteiger partial charge in [-0.05, 0) is 72.0 Å². The van der Waals surface area contributed by atoms with Crippen LogP contribution in [0, 0.1) is 11.3 Å². The van der Waals surface area contributed by atoms with Crippen LogP contribution in [0.25, 0.3) is 0 Å². The van der Waals surface area contributed by atoms with Gasteiger partial charge in [-0.3, -0.25) is 0 Å². The molecule has 0 saturated carbocycles. The van der Waals surface area contributed by atoms with Gasteiger partial charge in [-0.15, -0.1) is 0 Å². The third-order valence-electron chi connectivity index (χ3n) is 8.69. The molecule has 0 radical (unpaired) electrons. The Morgan fingerprint density at radius 1 is 0.625 bits per heavy atom. The number of hydrogen-bond donors (Lipinski definition) is 1. The van der Waals surface area contributed by atoms with Crippen molar-refractivity contribution in [3.63, 3.8) is 0 Å². The van der Waals surface area contributed by atoms with Gasteiger partial charge in [0.1, 0.15) is 0 Å². The fourth-order valence-corrected chi connectivity index (χ4v) is 9.58. The van der Waals surface area contributed by atoms with Gasteiger partial charge in [0.15, 0.2) is 0 Å². The lowest BCUT2D eigenvalue weighted by molar-refractivity contribution is 0.122. The molecule has 0 aliphatic heterocycles. The summed E-state index contributed by atoms with van der Waals surface area (Å²) in [5, 5.41) is 21.2. The van der Waals surface area contributed by atoms with E-state index in [0.29, 0.717) is 17.7 Å². The normalized spacial score (nSPS) is 12.5. The summed E-state index contributed by atoms with van der Waals surface area (Å²) in [7, 11) is -3.85. The molecular formula is C42H38BNO3S. The average Bonchev–Trinajstić information content (AvgIpc) is 3.15. The minimum absolute atomic E-state index is 0.417. The molecule has 1 atom stereocenters. The summed E-state index contributed by atoms with van der Waals surface area (Å²) < 4.78 is 13.3. The van der Waals surface area contributed by atoms with Crippen LogP contribution in [0.2, 0.25) is 0 Å². The maximum absolute atomic E-state index is 11.8. The summed E-state index contributed by atoms with van der Waals surface area (Å²) in [6.45, 7) is 2.00. The SMILES string of the molecule is CC(CC(c1ccccc1)(c1ccccc1)c1ccccc1)OB(O)OS(Cc1ccc(C#N)cc1)(c1ccccc1)c1ccccc1. The highest BCUT2D eigenvalue weighted by atomic mass is 32.3. The van der Waals surface area contributed by atoms with Gasteiger partial charge in [-0.2, -0.15) is 5.26 Å². The first-order chi connectivity index (χ1) is 23.5. The second-order valence-corrected chi connectivity index (χ2v) is 14.6. The van der Waals surface area contributed by atoms with Crippen LogP contribution in [0.4, 0.5) is 0 Å². The van der Waals surface area contributed by atoms with Crippen LogP contribution < -0.4 is 0 Å². The van der Waals surface area contributed by atoms with E-state index in [0.717, 1.165) is 32.0 Å². The minimum atomic E-state index is -2.33. The van der Waals surface area contributed by atoms with E-state index >= 15 is 0 Å². The number of hydrogen-bond acceptors (Lipinski definition) is 4. The lowest BCUT2D eigenvalue weighted by Gasteiger charge is -2.42. The lowest BCUT2D eigenvalue weighted by atomic mass is 9.66. The first-order valence-electron chi connectivity index (χ1n) is 16.1. The third kappa shape index (κ3) is 7.16. The Kier molecular flexibility index (Phi) is 10.6. The van der Waals surface area contributed by atoms with Crippen LogP contribution in [-0.2, 0) is 19.9 Å². The molecular weight excluding hydrogens is 609 g/mol. The molecule has 0 amide bonds. The second-order valence-electron chi connectivity index (χ2n) is 11.8. The van der Waals surface area contributed by atoms with Crippen LogP contribution in [-0.4, -0.2) is 18.4 Å². The molecule has 6 aromatic rings. The van der Waals surface area contributed by atoms with Gasteiger partial charge in [0, 0.05) is 27.1 Å². The molecule has 0 bridgehead atoms. The van der Waals surface area contributed by atoms with Gasteiger partial charge >= 0.3 is 7.32 Å². The van der Waals surface area contributed by atoms with Crippen molar-refractivity contribution in [2.24, 2.45) is 0 Å². The fraction of sp³-hybridized carbons (Fsp3) is 0.119. The van der Waals surface area contributed by atoms with Crippen LogP contribution in [0.3, 0.4) is 0 Å². The van der Waals surface area contributed by atoms with E-state index in [-0.39, 0.29) is 0 Å². The van der Waals surface area contributed by atoms with E-state index in [1.54, 1.807) is 0 Å². The molecule has 1 N–H and O–H groups in total. The smallest absolute Gasteiger partial charge is 0.401 e. The Labute approximate surface area is 286 Å². The molecule has 0 aliphatic rings. The Morgan fingerprint density at radius 3 is 1.42 bits per heavy atom. The van der Waals surface area contributed by atoms with Gasteiger partial charge in [-0.1, -0.05) is 150 Å². The van der Waals surface area contributed by atoms with Gasteiger partial charge in [0.25, 0.3) is 0 Å². The molecule has 6 heteroatoms. The number of benzene rings is 6. The lowest BCUT2D eigenvalue weighted by Crippen LogP contribution is -2.37. The largest absolute Gasteiger partial charge is 0.647 e. The summed E-state index contributed by atoms with van der Waals surface area (Å²) in [4.78, 5) is 1.92. The molecule has 0 aromatic heterocycles. The van der Waals surface area contributed by atoms with E-state index < -0.39 is 29.1 Å². The molecule has 0 aliphatic carbocycles. The van der Waals surface area contributed by atoms with Crippen molar-refractivity contribution in [1.29, 1.82) is 5.26 Å². The molecule has 0 spiro atoms. The molecule has 48 heavy (non-hydrogen) atoms. The summed E-state index contributed by atoms with van der Waals surface area (Å²) in [5.74, 6) is 0.490. The van der Waals surface area contributed by atoms with Crippen LogP contribution >= 0.6 is 10.3 Å². The van der Waals surface area contributed by atoms with Gasteiger partial charge in [0.2, 0.25) is 0 Å². The summed E-state index contributed by atoms with van der Waals surface area (Å²) in [6.07, 6.45) is 0.138. The highest BCUT2D eigenvalue weighted by molar-refractivity contribution is 8.29. The monoisotopic (exact) mass is 647 g/mol. The van der Waals surface area contributed by atoms with Crippen LogP contribution in [0.15, 0.2) is 186 Å². The Bertz CT molecular complexity index is 1770. The topological polar surface area (TPSA) is 62.5 Å². The second kappa shape index (κ2) is 15.3. The Balaban J connectivity index is 1.37. The van der Waals surface area contributed by atoms with E-state index in [1.165, 1.54) is 0 Å². The minimum Gasteiger partial charge on any atom is -0.401 e. The van der Waals surface area contributed by atoms with E-state index in [1.807, 2.05) is 110 Å².